The predicted octanol–water partition coefficient (Wildman–Crippen LogP) is 2.98. The molecule has 1 atom stereocenters. The van der Waals surface area contributed by atoms with Gasteiger partial charge in [0.25, 0.3) is 0 Å². The molecule has 188 valence electrons. The number of carboxylic acids is 1. The van der Waals surface area contributed by atoms with Crippen molar-refractivity contribution < 1.29 is 19.0 Å². The van der Waals surface area contributed by atoms with E-state index >= 15 is 4.39 Å². The number of halogens is 1. The van der Waals surface area contributed by atoms with E-state index in [1.807, 2.05) is 25.1 Å². The molecule has 2 aliphatic heterocycles. The van der Waals surface area contributed by atoms with E-state index < -0.39 is 22.8 Å². The highest BCUT2D eigenvalue weighted by molar-refractivity contribution is 5.98. The Balaban J connectivity index is 1.45. The Labute approximate surface area is 209 Å². The highest BCUT2D eigenvalue weighted by atomic mass is 19.1. The van der Waals surface area contributed by atoms with Crippen molar-refractivity contribution in [2.75, 3.05) is 29.5 Å². The third kappa shape index (κ3) is 3.53. The van der Waals surface area contributed by atoms with Crippen molar-refractivity contribution in [3.05, 3.63) is 69.4 Å². The summed E-state index contributed by atoms with van der Waals surface area (Å²) >= 11 is 0. The van der Waals surface area contributed by atoms with Gasteiger partial charge in [-0.3, -0.25) is 4.79 Å². The number of hydrogen-bond acceptors (Lipinski definition) is 8. The molecule has 0 bridgehead atoms. The monoisotopic (exact) mass is 502 g/mol. The molecule has 0 amide bonds. The number of pyridine rings is 1. The summed E-state index contributed by atoms with van der Waals surface area (Å²) in [6.45, 7) is 3.31. The van der Waals surface area contributed by atoms with Gasteiger partial charge in [0.1, 0.15) is 23.8 Å². The summed E-state index contributed by atoms with van der Waals surface area (Å²) in [6, 6.07) is 6.55. The minimum Gasteiger partial charge on any atom is -0.488 e. The van der Waals surface area contributed by atoms with E-state index in [4.69, 9.17) is 16.2 Å². The summed E-state index contributed by atoms with van der Waals surface area (Å²) in [5.74, 6) is -1.31. The van der Waals surface area contributed by atoms with Crippen molar-refractivity contribution in [1.29, 1.82) is 0 Å². The predicted molar refractivity (Wildman–Crippen MR) is 136 cm³/mol. The van der Waals surface area contributed by atoms with Crippen molar-refractivity contribution >= 4 is 34.3 Å². The van der Waals surface area contributed by atoms with Gasteiger partial charge in [-0.2, -0.15) is 4.98 Å². The number of nitrogens with zero attached hydrogens (tertiary/aromatic N) is 4. The highest BCUT2D eigenvalue weighted by Gasteiger charge is 2.29. The smallest absolute Gasteiger partial charge is 0.341 e. The Hall–Kier alpha value is -4.67. The van der Waals surface area contributed by atoms with Gasteiger partial charge in [-0.15, -0.1) is 0 Å². The number of hydrogen-bond donors (Lipinski definition) is 3. The van der Waals surface area contributed by atoms with Crippen molar-refractivity contribution in [2.24, 2.45) is 0 Å². The first-order chi connectivity index (χ1) is 17.7. The van der Waals surface area contributed by atoms with Gasteiger partial charge in [0, 0.05) is 36.7 Å². The minimum absolute atomic E-state index is 0.0154. The molecule has 2 aromatic carbocycles. The van der Waals surface area contributed by atoms with Crippen molar-refractivity contribution in [3.8, 4) is 16.9 Å². The van der Waals surface area contributed by atoms with Gasteiger partial charge in [0.15, 0.2) is 5.75 Å². The lowest BCUT2D eigenvalue weighted by Gasteiger charge is -2.28. The van der Waals surface area contributed by atoms with Crippen LogP contribution in [0.5, 0.6) is 5.75 Å². The molecular formula is C26H23FN6O4. The number of carboxylic acid groups (broad SMARTS) is 1. The Morgan fingerprint density at radius 3 is 2.86 bits per heavy atom. The number of aromatic carboxylic acids is 1. The molecule has 5 N–H and O–H groups in total. The SMILES string of the molecule is C[C@H]1COc2c(-c3ccc4c(c3)CCN4Cc3cnc(N)nc3N)c(F)cc3c(=O)c(C(=O)O)cn1c23. The number of nitrogen functional groups attached to an aromatic ring is 2. The number of ether oxygens (including phenoxy) is 1. The summed E-state index contributed by atoms with van der Waals surface area (Å²) in [4.78, 5) is 34.7. The number of benzene rings is 2. The van der Waals surface area contributed by atoms with E-state index in [2.05, 4.69) is 14.9 Å². The quantitative estimate of drug-likeness (QED) is 0.383. The van der Waals surface area contributed by atoms with Crippen LogP contribution in [0.1, 0.15) is 34.5 Å². The summed E-state index contributed by atoms with van der Waals surface area (Å²) in [6.07, 6.45) is 3.68. The molecule has 2 aromatic heterocycles. The lowest BCUT2D eigenvalue weighted by molar-refractivity contribution is 0.0694. The summed E-state index contributed by atoms with van der Waals surface area (Å²) in [5, 5.41) is 9.47. The van der Waals surface area contributed by atoms with Crippen molar-refractivity contribution in [2.45, 2.75) is 25.9 Å². The first-order valence-electron chi connectivity index (χ1n) is 11.8. The van der Waals surface area contributed by atoms with E-state index in [1.54, 1.807) is 10.8 Å². The zero-order valence-electron chi connectivity index (χ0n) is 19.9. The zero-order valence-corrected chi connectivity index (χ0v) is 19.9. The van der Waals surface area contributed by atoms with Crippen LogP contribution in [0.15, 0.2) is 41.5 Å². The number of rotatable bonds is 4. The second kappa shape index (κ2) is 8.19. The topological polar surface area (TPSA) is 150 Å². The molecule has 0 saturated heterocycles. The Kier molecular flexibility index (Phi) is 5.04. The second-order valence-corrected chi connectivity index (χ2v) is 9.36. The van der Waals surface area contributed by atoms with Gasteiger partial charge in [0.2, 0.25) is 11.4 Å². The Bertz CT molecular complexity index is 1680. The summed E-state index contributed by atoms with van der Waals surface area (Å²) in [7, 11) is 0. The number of carbonyl (C=O) groups is 1. The Morgan fingerprint density at radius 1 is 1.30 bits per heavy atom. The molecule has 0 saturated carbocycles. The normalized spacial score (nSPS) is 16.1. The lowest BCUT2D eigenvalue weighted by atomic mass is 9.96. The van der Waals surface area contributed by atoms with Gasteiger partial charge in [-0.25, -0.2) is 14.2 Å². The molecule has 6 rings (SSSR count). The van der Waals surface area contributed by atoms with Crippen molar-refractivity contribution in [1.82, 2.24) is 14.5 Å². The maximum Gasteiger partial charge on any atom is 0.341 e. The highest BCUT2D eigenvalue weighted by Crippen LogP contribution is 2.43. The minimum atomic E-state index is -1.35. The fourth-order valence-corrected chi connectivity index (χ4v) is 5.20. The average molecular weight is 503 g/mol. The Morgan fingerprint density at radius 2 is 2.11 bits per heavy atom. The van der Waals surface area contributed by atoms with Gasteiger partial charge < -0.3 is 30.8 Å². The van der Waals surface area contributed by atoms with E-state index in [9.17, 15) is 14.7 Å². The number of anilines is 3. The molecule has 0 aliphatic carbocycles. The first-order valence-corrected chi connectivity index (χ1v) is 11.8. The average Bonchev–Trinajstić information content (AvgIpc) is 3.25. The summed E-state index contributed by atoms with van der Waals surface area (Å²) in [5.41, 5.74) is 14.5. The van der Waals surface area contributed by atoms with Crippen LogP contribution in [-0.4, -0.2) is 38.8 Å². The number of fused-ring (bicyclic) bond motifs is 1. The van der Waals surface area contributed by atoms with Crippen molar-refractivity contribution in [3.63, 3.8) is 0 Å². The van der Waals surface area contributed by atoms with Gasteiger partial charge in [-0.05, 0) is 42.7 Å². The van der Waals surface area contributed by atoms with Gasteiger partial charge in [-0.1, -0.05) is 6.07 Å². The fraction of sp³-hybridized carbons (Fsp3) is 0.231. The summed E-state index contributed by atoms with van der Waals surface area (Å²) < 4.78 is 23.3. The van der Waals surface area contributed by atoms with Gasteiger partial charge >= 0.3 is 5.97 Å². The number of nitrogens with two attached hydrogens (primary N) is 2. The fourth-order valence-electron chi connectivity index (χ4n) is 5.20. The maximum absolute atomic E-state index is 15.6. The van der Waals surface area contributed by atoms with E-state index in [-0.39, 0.29) is 35.3 Å². The molecule has 0 unspecified atom stereocenters. The molecule has 11 heteroatoms. The number of aromatic nitrogens is 3. The molecule has 37 heavy (non-hydrogen) atoms. The van der Waals surface area contributed by atoms with Crippen LogP contribution in [0, 0.1) is 5.82 Å². The molecule has 10 nitrogen and oxygen atoms in total. The first kappa shape index (κ1) is 22.8. The standard InChI is InChI=1S/C26H23FN6O4/c1-12-11-37-23-20(18(27)7-16-21(23)33(12)10-17(22(16)34)25(35)36)14-2-3-19-13(6-14)4-5-32(19)9-15-8-30-26(29)31-24(15)28/h2-3,6-8,10,12H,4-5,9,11H2,1H3,(H,35,36)(H4,28,29,30,31)/t12-/m0/s1. The van der Waals surface area contributed by atoms with Crippen LogP contribution in [0.25, 0.3) is 22.0 Å². The molecule has 0 spiro atoms. The van der Waals surface area contributed by atoms with Crippen LogP contribution >= 0.6 is 0 Å². The molecular weight excluding hydrogens is 479 g/mol. The maximum atomic E-state index is 15.6. The van der Waals surface area contributed by atoms with Crippen LogP contribution in [0.3, 0.4) is 0 Å². The molecule has 4 aromatic rings. The van der Waals surface area contributed by atoms with E-state index in [0.717, 1.165) is 35.8 Å². The zero-order chi connectivity index (χ0) is 26.0. The molecule has 0 radical (unpaired) electrons. The molecule has 2 aliphatic rings. The molecule has 4 heterocycles. The van der Waals surface area contributed by atoms with Crippen LogP contribution in [0.2, 0.25) is 0 Å². The van der Waals surface area contributed by atoms with Crippen LogP contribution in [0.4, 0.5) is 21.8 Å². The molecule has 0 fully saturated rings. The van der Waals surface area contributed by atoms with E-state index in [1.165, 1.54) is 6.20 Å². The van der Waals surface area contributed by atoms with Crippen LogP contribution < -0.4 is 26.5 Å². The van der Waals surface area contributed by atoms with Gasteiger partial charge in [0.05, 0.1) is 22.5 Å². The van der Waals surface area contributed by atoms with E-state index in [0.29, 0.717) is 23.4 Å². The third-order valence-corrected chi connectivity index (χ3v) is 7.03. The second-order valence-electron chi connectivity index (χ2n) is 9.36. The largest absolute Gasteiger partial charge is 0.488 e. The third-order valence-electron chi connectivity index (χ3n) is 7.03. The lowest BCUT2D eigenvalue weighted by Crippen LogP contribution is -2.27. The van der Waals surface area contributed by atoms with Crippen LogP contribution in [-0.2, 0) is 13.0 Å².